The molecule has 0 radical (unpaired) electrons. The third kappa shape index (κ3) is 7.33. The Morgan fingerprint density at radius 1 is 0.894 bits per heavy atom. The molecule has 47 heavy (non-hydrogen) atoms. The minimum Gasteiger partial charge on any atom is -0.406 e. The van der Waals surface area contributed by atoms with E-state index in [0.29, 0.717) is 10.9 Å². The lowest BCUT2D eigenvalue weighted by Gasteiger charge is -2.43. The van der Waals surface area contributed by atoms with Gasteiger partial charge in [-0.15, -0.1) is 0 Å². The molecule has 0 unspecified atom stereocenters. The van der Waals surface area contributed by atoms with Gasteiger partial charge in [0.15, 0.2) is 0 Å². The first-order chi connectivity index (χ1) is 22.2. The third-order valence-corrected chi connectivity index (χ3v) is 13.9. The second-order valence-corrected chi connectivity index (χ2v) is 17.7. The summed E-state index contributed by atoms with van der Waals surface area (Å²) >= 11 is 9.31. The average molecular weight is 746 g/mol. The fourth-order valence-corrected chi connectivity index (χ4v) is 11.1. The molecule has 1 aromatic heterocycles. The molecule has 0 saturated carbocycles. The fraction of sp³-hybridized carbons (Fsp3) is 0.257. The maximum Gasteiger partial charge on any atom is 0.418 e. The standard InChI is InChI=1S/C35H34BrClF4N4OSi/c1-22(43-32-26-20-28(36)29(38)21-30(26)44-33(37)45-32)25-16-11-17-27(35(39,40)41)31(25)42-18-19-46-47(34(2,3)4,23-12-7-5-8-13-23)24-14-9-6-10-15-24/h5-17,20-22,42H,18-19H2,1-4H3,(H,43,44,45)/t22-/m1/s1. The Balaban J connectivity index is 1.47. The highest BCUT2D eigenvalue weighted by molar-refractivity contribution is 9.10. The largest absolute Gasteiger partial charge is 0.418 e. The van der Waals surface area contributed by atoms with Crippen LogP contribution >= 0.6 is 27.5 Å². The van der Waals surface area contributed by atoms with E-state index in [9.17, 15) is 17.6 Å². The van der Waals surface area contributed by atoms with E-state index in [1.807, 2.05) is 36.4 Å². The highest BCUT2D eigenvalue weighted by Crippen LogP contribution is 2.40. The number of fused-ring (bicyclic) bond motifs is 1. The van der Waals surface area contributed by atoms with Gasteiger partial charge in [0.05, 0.1) is 33.9 Å². The number of benzene rings is 4. The molecule has 1 atom stereocenters. The molecule has 5 aromatic rings. The lowest BCUT2D eigenvalue weighted by molar-refractivity contribution is -0.137. The molecule has 5 nitrogen and oxygen atoms in total. The van der Waals surface area contributed by atoms with E-state index >= 15 is 0 Å². The van der Waals surface area contributed by atoms with Gasteiger partial charge in [-0.3, -0.25) is 0 Å². The quantitative estimate of drug-likeness (QED) is 0.0646. The molecule has 0 saturated heterocycles. The first-order valence-corrected chi connectivity index (χ1v) is 18.1. The lowest BCUT2D eigenvalue weighted by atomic mass is 10.0. The van der Waals surface area contributed by atoms with E-state index in [4.69, 9.17) is 16.0 Å². The zero-order valence-corrected chi connectivity index (χ0v) is 29.6. The molecule has 246 valence electrons. The van der Waals surface area contributed by atoms with Crippen LogP contribution in [0.2, 0.25) is 10.3 Å². The lowest BCUT2D eigenvalue weighted by Crippen LogP contribution is -2.66. The molecular formula is C35H34BrClF4N4OSi. The summed E-state index contributed by atoms with van der Waals surface area (Å²) < 4.78 is 64.5. The molecule has 0 amide bonds. The molecule has 2 N–H and O–H groups in total. The number of rotatable bonds is 10. The molecule has 0 aliphatic carbocycles. The molecule has 0 bridgehead atoms. The van der Waals surface area contributed by atoms with Crippen molar-refractivity contribution in [3.63, 3.8) is 0 Å². The summed E-state index contributed by atoms with van der Waals surface area (Å²) in [6.07, 6.45) is -4.62. The van der Waals surface area contributed by atoms with Crippen molar-refractivity contribution >= 4 is 68.6 Å². The SMILES string of the molecule is C[C@@H](Nc1nc(Cl)nc2cc(F)c(Br)cc12)c1cccc(C(F)(F)F)c1NCCO[Si](c1ccccc1)(c1ccccc1)C(C)(C)C. The summed E-state index contributed by atoms with van der Waals surface area (Å²) in [4.78, 5) is 8.36. The number of nitrogens with one attached hydrogen (secondary N) is 2. The van der Waals surface area contributed by atoms with Gasteiger partial charge in [0.25, 0.3) is 8.32 Å². The molecule has 0 spiro atoms. The van der Waals surface area contributed by atoms with Crippen LogP contribution in [-0.4, -0.2) is 31.4 Å². The number of alkyl halides is 3. The molecule has 0 aliphatic heterocycles. The van der Waals surface area contributed by atoms with Crippen molar-refractivity contribution in [1.82, 2.24) is 9.97 Å². The molecule has 0 fully saturated rings. The molecule has 0 aliphatic rings. The van der Waals surface area contributed by atoms with Crippen LogP contribution in [0.15, 0.2) is 95.5 Å². The van der Waals surface area contributed by atoms with Gasteiger partial charge >= 0.3 is 6.18 Å². The third-order valence-electron chi connectivity index (χ3n) is 8.07. The molecule has 1 heterocycles. The van der Waals surface area contributed by atoms with Crippen LogP contribution in [0, 0.1) is 5.82 Å². The maximum atomic E-state index is 14.4. The normalized spacial score (nSPS) is 13.1. The van der Waals surface area contributed by atoms with Gasteiger partial charge in [0, 0.05) is 18.0 Å². The van der Waals surface area contributed by atoms with Crippen LogP contribution in [-0.2, 0) is 10.6 Å². The molecule has 5 rings (SSSR count). The second kappa shape index (κ2) is 13.9. The van der Waals surface area contributed by atoms with Crippen LogP contribution in [0.25, 0.3) is 10.9 Å². The minimum atomic E-state index is -4.62. The van der Waals surface area contributed by atoms with Crippen molar-refractivity contribution in [3.05, 3.63) is 118 Å². The van der Waals surface area contributed by atoms with Gasteiger partial charge in [-0.2, -0.15) is 13.2 Å². The van der Waals surface area contributed by atoms with Crippen LogP contribution in [0.3, 0.4) is 0 Å². The van der Waals surface area contributed by atoms with Gasteiger partial charge in [-0.1, -0.05) is 93.6 Å². The van der Waals surface area contributed by atoms with E-state index in [-0.39, 0.29) is 45.0 Å². The van der Waals surface area contributed by atoms with E-state index < -0.39 is 31.9 Å². The zero-order valence-electron chi connectivity index (χ0n) is 26.2. The summed E-state index contributed by atoms with van der Waals surface area (Å²) in [5, 5.41) is 8.44. The van der Waals surface area contributed by atoms with Crippen LogP contribution in [0.5, 0.6) is 0 Å². The van der Waals surface area contributed by atoms with Gasteiger partial charge in [-0.25, -0.2) is 14.4 Å². The highest BCUT2D eigenvalue weighted by atomic mass is 79.9. The Bertz CT molecular complexity index is 1820. The first-order valence-electron chi connectivity index (χ1n) is 15.0. The zero-order chi connectivity index (χ0) is 34.0. The highest BCUT2D eigenvalue weighted by Gasteiger charge is 2.50. The minimum absolute atomic E-state index is 0.0669. The molecule has 12 heteroatoms. The van der Waals surface area contributed by atoms with Crippen LogP contribution < -0.4 is 21.0 Å². The Labute approximate surface area is 286 Å². The topological polar surface area (TPSA) is 59.1 Å². The Kier molecular flexibility index (Phi) is 10.3. The van der Waals surface area contributed by atoms with Gasteiger partial charge in [0.2, 0.25) is 5.28 Å². The van der Waals surface area contributed by atoms with E-state index in [0.717, 1.165) is 16.4 Å². The Morgan fingerprint density at radius 2 is 1.51 bits per heavy atom. The number of hydrogen-bond acceptors (Lipinski definition) is 5. The molecular weight excluding hydrogens is 712 g/mol. The number of para-hydroxylation sites is 1. The van der Waals surface area contributed by atoms with Crippen molar-refractivity contribution in [2.75, 3.05) is 23.8 Å². The number of halogens is 6. The van der Waals surface area contributed by atoms with Crippen molar-refractivity contribution < 1.29 is 22.0 Å². The Hall–Kier alpha value is -3.51. The maximum absolute atomic E-state index is 14.4. The van der Waals surface area contributed by atoms with Crippen LogP contribution in [0.1, 0.15) is 44.9 Å². The fourth-order valence-electron chi connectivity index (χ4n) is 5.99. The van der Waals surface area contributed by atoms with E-state index in [2.05, 4.69) is 81.6 Å². The smallest absolute Gasteiger partial charge is 0.406 e. The van der Waals surface area contributed by atoms with Crippen molar-refractivity contribution in [2.45, 2.75) is 45.0 Å². The predicted octanol–water partition coefficient (Wildman–Crippen LogP) is 9.37. The summed E-state index contributed by atoms with van der Waals surface area (Å²) in [6.45, 7) is 8.44. The van der Waals surface area contributed by atoms with Crippen LogP contribution in [0.4, 0.5) is 29.1 Å². The van der Waals surface area contributed by atoms with Crippen molar-refractivity contribution in [1.29, 1.82) is 0 Å². The number of aromatic nitrogens is 2. The predicted molar refractivity (Wildman–Crippen MR) is 188 cm³/mol. The van der Waals surface area contributed by atoms with E-state index in [1.54, 1.807) is 13.0 Å². The average Bonchev–Trinajstić information content (AvgIpc) is 3.01. The summed E-state index contributed by atoms with van der Waals surface area (Å²) in [5.74, 6) is -0.275. The second-order valence-electron chi connectivity index (χ2n) is 12.2. The number of nitrogens with zero attached hydrogens (tertiary/aromatic N) is 2. The summed E-state index contributed by atoms with van der Waals surface area (Å²) in [6, 6.07) is 26.2. The van der Waals surface area contributed by atoms with E-state index in [1.165, 1.54) is 18.2 Å². The van der Waals surface area contributed by atoms with Gasteiger partial charge in [-0.05, 0) is 67.6 Å². The monoisotopic (exact) mass is 744 g/mol. The summed E-state index contributed by atoms with van der Waals surface area (Å²) in [7, 11) is -2.90. The molecule has 4 aromatic carbocycles. The first kappa shape index (κ1) is 34.8. The van der Waals surface area contributed by atoms with Crippen molar-refractivity contribution in [2.24, 2.45) is 0 Å². The van der Waals surface area contributed by atoms with Gasteiger partial charge < -0.3 is 15.1 Å². The van der Waals surface area contributed by atoms with Gasteiger partial charge in [0.1, 0.15) is 11.6 Å². The summed E-state index contributed by atoms with van der Waals surface area (Å²) in [5.41, 5.74) is -0.259. The Morgan fingerprint density at radius 3 is 2.09 bits per heavy atom. The number of anilines is 2. The van der Waals surface area contributed by atoms with Crippen molar-refractivity contribution in [3.8, 4) is 0 Å². The number of hydrogen-bond donors (Lipinski definition) is 2.